The highest BCUT2D eigenvalue weighted by atomic mass is 35.5. The van der Waals surface area contributed by atoms with Crippen molar-refractivity contribution in [3.8, 4) is 0 Å². The molecule has 0 unspecified atom stereocenters. The van der Waals surface area contributed by atoms with Gasteiger partial charge in [0.25, 0.3) is 5.24 Å². The largest absolute Gasteiger partial charge is 0.274 e. The second-order valence-corrected chi connectivity index (χ2v) is 7.11. The zero-order valence-corrected chi connectivity index (χ0v) is 14.5. The van der Waals surface area contributed by atoms with Crippen LogP contribution in [-0.4, -0.2) is 11.0 Å². The highest BCUT2D eigenvalue weighted by Crippen LogP contribution is 2.43. The summed E-state index contributed by atoms with van der Waals surface area (Å²) < 4.78 is 0. The molecule has 2 aromatic rings. The first kappa shape index (κ1) is 15.8. The van der Waals surface area contributed by atoms with Gasteiger partial charge in [0.2, 0.25) is 0 Å². The Morgan fingerprint density at radius 3 is 2.68 bits per heavy atom. The quantitative estimate of drug-likeness (QED) is 0.677. The molecule has 0 N–H and O–H groups in total. The van der Waals surface area contributed by atoms with Gasteiger partial charge in [0.05, 0.1) is 16.8 Å². The third kappa shape index (κ3) is 2.76. The highest BCUT2D eigenvalue weighted by molar-refractivity contribution is 7.10. The van der Waals surface area contributed by atoms with Crippen LogP contribution < -0.4 is 5.01 Å². The third-order valence-corrected chi connectivity index (χ3v) is 5.25. The summed E-state index contributed by atoms with van der Waals surface area (Å²) in [6.07, 6.45) is 0. The molecule has 2 atom stereocenters. The molecule has 0 aliphatic carbocycles. The molecule has 1 aliphatic heterocycles. The van der Waals surface area contributed by atoms with E-state index in [-0.39, 0.29) is 12.0 Å². The molecule has 0 bridgehead atoms. The van der Waals surface area contributed by atoms with Gasteiger partial charge in [-0.15, -0.1) is 11.3 Å². The SMILES string of the molecule is C[C@@H]1C(C(=O)Cl)=NN(c2ccc(Cl)cc2Cl)[C@@H]1c1cccs1. The lowest BCUT2D eigenvalue weighted by molar-refractivity contribution is -0.106. The average molecular weight is 374 g/mol. The molecule has 0 saturated carbocycles. The monoisotopic (exact) mass is 372 g/mol. The van der Waals surface area contributed by atoms with E-state index in [0.29, 0.717) is 21.4 Å². The molecule has 1 aliphatic rings. The van der Waals surface area contributed by atoms with E-state index in [1.54, 1.807) is 34.5 Å². The maximum Gasteiger partial charge on any atom is 0.268 e. The van der Waals surface area contributed by atoms with Gasteiger partial charge in [-0.3, -0.25) is 9.80 Å². The van der Waals surface area contributed by atoms with Crippen LogP contribution in [0.15, 0.2) is 40.8 Å². The Morgan fingerprint density at radius 2 is 2.09 bits per heavy atom. The van der Waals surface area contributed by atoms with Crippen LogP contribution in [-0.2, 0) is 4.79 Å². The number of carbonyl (C=O) groups is 1. The highest BCUT2D eigenvalue weighted by Gasteiger charge is 2.39. The fourth-order valence-electron chi connectivity index (χ4n) is 2.55. The smallest absolute Gasteiger partial charge is 0.268 e. The number of hydrogen-bond donors (Lipinski definition) is 0. The molecule has 114 valence electrons. The Labute approximate surface area is 147 Å². The van der Waals surface area contributed by atoms with Crippen molar-refractivity contribution in [2.75, 3.05) is 5.01 Å². The lowest BCUT2D eigenvalue weighted by Gasteiger charge is -2.26. The first-order valence-electron chi connectivity index (χ1n) is 6.55. The topological polar surface area (TPSA) is 32.7 Å². The van der Waals surface area contributed by atoms with Crippen molar-refractivity contribution < 1.29 is 4.79 Å². The standard InChI is InChI=1S/C15H11Cl3N2OS/c1-8-13(15(18)21)19-20(14(8)12-3-2-6-22-12)11-5-4-9(16)7-10(11)17/h2-8,14H,1H3/t8-,14+/m1/s1. The average Bonchev–Trinajstić information content (AvgIpc) is 3.06. The van der Waals surface area contributed by atoms with Crippen LogP contribution in [0.2, 0.25) is 10.0 Å². The number of nitrogens with zero attached hydrogens (tertiary/aromatic N) is 2. The Hall–Kier alpha value is -1.07. The van der Waals surface area contributed by atoms with Gasteiger partial charge in [-0.2, -0.15) is 5.10 Å². The number of rotatable bonds is 3. The van der Waals surface area contributed by atoms with Gasteiger partial charge >= 0.3 is 0 Å². The Morgan fingerprint density at radius 1 is 1.32 bits per heavy atom. The van der Waals surface area contributed by atoms with Crippen molar-refractivity contribution in [3.05, 3.63) is 50.6 Å². The molecule has 3 nitrogen and oxygen atoms in total. The van der Waals surface area contributed by atoms with E-state index in [9.17, 15) is 4.79 Å². The van der Waals surface area contributed by atoms with Gasteiger partial charge in [0, 0.05) is 15.8 Å². The number of thiophene rings is 1. The Kier molecular flexibility index (Phi) is 4.46. The molecule has 0 radical (unpaired) electrons. The maximum absolute atomic E-state index is 11.6. The summed E-state index contributed by atoms with van der Waals surface area (Å²) in [5, 5.41) is 8.65. The third-order valence-electron chi connectivity index (χ3n) is 3.58. The minimum atomic E-state index is -0.540. The summed E-state index contributed by atoms with van der Waals surface area (Å²) in [5.41, 5.74) is 1.04. The summed E-state index contributed by atoms with van der Waals surface area (Å²) in [6, 6.07) is 9.06. The molecule has 1 aromatic heterocycles. The van der Waals surface area contributed by atoms with E-state index in [1.807, 2.05) is 24.4 Å². The fourth-order valence-corrected chi connectivity index (χ4v) is 4.17. The molecule has 2 heterocycles. The summed E-state index contributed by atoms with van der Waals surface area (Å²) in [4.78, 5) is 12.7. The van der Waals surface area contributed by atoms with Crippen molar-refractivity contribution >= 4 is 62.8 Å². The fraction of sp³-hybridized carbons (Fsp3) is 0.200. The maximum atomic E-state index is 11.6. The van der Waals surface area contributed by atoms with Crippen LogP contribution in [0.1, 0.15) is 17.8 Å². The molecule has 0 saturated heterocycles. The van der Waals surface area contributed by atoms with Crippen LogP contribution in [0.25, 0.3) is 0 Å². The molecule has 7 heteroatoms. The zero-order chi connectivity index (χ0) is 15.9. The molecule has 1 aromatic carbocycles. The number of hydrogen-bond acceptors (Lipinski definition) is 4. The molecule has 3 rings (SSSR count). The summed E-state index contributed by atoms with van der Waals surface area (Å²) in [6.45, 7) is 1.94. The summed E-state index contributed by atoms with van der Waals surface area (Å²) in [7, 11) is 0. The Bertz CT molecular complexity index is 745. The Balaban J connectivity index is 2.10. The van der Waals surface area contributed by atoms with Crippen LogP contribution in [0.4, 0.5) is 5.69 Å². The molecule has 0 spiro atoms. The minimum Gasteiger partial charge on any atom is -0.274 e. The molecular formula is C15H11Cl3N2OS. The van der Waals surface area contributed by atoms with Gasteiger partial charge in [0.15, 0.2) is 0 Å². The first-order valence-corrected chi connectivity index (χ1v) is 8.56. The van der Waals surface area contributed by atoms with Crippen molar-refractivity contribution in [3.63, 3.8) is 0 Å². The van der Waals surface area contributed by atoms with Gasteiger partial charge in [-0.05, 0) is 41.2 Å². The van der Waals surface area contributed by atoms with Gasteiger partial charge < -0.3 is 0 Å². The zero-order valence-electron chi connectivity index (χ0n) is 11.5. The number of carbonyl (C=O) groups excluding carboxylic acids is 1. The van der Waals surface area contributed by atoms with Gasteiger partial charge in [-0.1, -0.05) is 36.2 Å². The second-order valence-electron chi connectivity index (χ2n) is 4.95. The van der Waals surface area contributed by atoms with Crippen LogP contribution in [0, 0.1) is 5.92 Å². The van der Waals surface area contributed by atoms with Gasteiger partial charge in [-0.25, -0.2) is 0 Å². The lowest BCUT2D eigenvalue weighted by atomic mass is 9.96. The van der Waals surface area contributed by atoms with E-state index < -0.39 is 5.24 Å². The van der Waals surface area contributed by atoms with E-state index in [4.69, 9.17) is 34.8 Å². The molecule has 0 amide bonds. The molecule has 0 fully saturated rings. The van der Waals surface area contributed by atoms with Crippen LogP contribution >= 0.6 is 46.1 Å². The lowest BCUT2D eigenvalue weighted by Crippen LogP contribution is -2.24. The van der Waals surface area contributed by atoms with Crippen LogP contribution in [0.5, 0.6) is 0 Å². The summed E-state index contributed by atoms with van der Waals surface area (Å²) in [5.74, 6) is -0.129. The first-order chi connectivity index (χ1) is 10.5. The van der Waals surface area contributed by atoms with E-state index in [0.717, 1.165) is 4.88 Å². The predicted molar refractivity (Wildman–Crippen MR) is 93.5 cm³/mol. The van der Waals surface area contributed by atoms with Crippen molar-refractivity contribution in [2.45, 2.75) is 13.0 Å². The number of benzene rings is 1. The minimum absolute atomic E-state index is 0.114. The molecule has 22 heavy (non-hydrogen) atoms. The van der Waals surface area contributed by atoms with E-state index in [2.05, 4.69) is 5.10 Å². The molecular weight excluding hydrogens is 363 g/mol. The van der Waals surface area contributed by atoms with Crippen molar-refractivity contribution in [2.24, 2.45) is 11.0 Å². The van der Waals surface area contributed by atoms with E-state index in [1.165, 1.54) is 0 Å². The summed E-state index contributed by atoms with van der Waals surface area (Å²) >= 11 is 19.5. The number of halogens is 3. The number of anilines is 1. The normalized spacial score (nSPS) is 21.1. The van der Waals surface area contributed by atoms with Crippen molar-refractivity contribution in [1.29, 1.82) is 0 Å². The van der Waals surface area contributed by atoms with Crippen LogP contribution in [0.3, 0.4) is 0 Å². The predicted octanol–water partition coefficient (Wildman–Crippen LogP) is 5.37. The second kappa shape index (κ2) is 6.20. The van der Waals surface area contributed by atoms with E-state index >= 15 is 0 Å². The van der Waals surface area contributed by atoms with Gasteiger partial charge in [0.1, 0.15) is 5.71 Å². The number of hydrazone groups is 1. The van der Waals surface area contributed by atoms with Crippen molar-refractivity contribution in [1.82, 2.24) is 0 Å².